The number of aryl methyl sites for hydroxylation is 3. The third-order valence-electron chi connectivity index (χ3n) is 5.96. The Bertz CT molecular complexity index is 1390. The number of carbonyl (C=O) groups excluding carboxylic acids is 1. The number of ether oxygens (including phenoxy) is 2. The second kappa shape index (κ2) is 9.69. The van der Waals surface area contributed by atoms with Crippen molar-refractivity contribution < 1.29 is 14.3 Å². The minimum Gasteiger partial charge on any atom is -0.493 e. The van der Waals surface area contributed by atoms with E-state index in [2.05, 4.69) is 10.3 Å². The number of benzene rings is 2. The van der Waals surface area contributed by atoms with Gasteiger partial charge in [-0.3, -0.25) is 14.2 Å². The third kappa shape index (κ3) is 4.54. The van der Waals surface area contributed by atoms with Crippen LogP contribution in [0.15, 0.2) is 59.7 Å². The SMILES string of the molecule is COc1ccccc1Oc1ccc(NC(=O)CCn2cnc3sc4c(c3c2=O)CCCC4)cc1. The smallest absolute Gasteiger partial charge is 0.262 e. The Morgan fingerprint density at radius 1 is 1.09 bits per heavy atom. The number of nitrogens with zero attached hydrogens (tertiary/aromatic N) is 2. The molecule has 2 heterocycles. The molecule has 2 aromatic heterocycles. The van der Waals surface area contributed by atoms with Gasteiger partial charge in [-0.2, -0.15) is 0 Å². The highest BCUT2D eigenvalue weighted by Gasteiger charge is 2.20. The molecule has 0 bridgehead atoms. The van der Waals surface area contributed by atoms with Crippen molar-refractivity contribution in [2.75, 3.05) is 12.4 Å². The molecule has 34 heavy (non-hydrogen) atoms. The molecule has 0 unspecified atom stereocenters. The van der Waals surface area contributed by atoms with Crippen molar-refractivity contribution >= 4 is 33.1 Å². The molecule has 0 radical (unpaired) electrons. The fourth-order valence-corrected chi connectivity index (χ4v) is 5.44. The number of rotatable bonds is 7. The van der Waals surface area contributed by atoms with Crippen LogP contribution in [0.2, 0.25) is 0 Å². The van der Waals surface area contributed by atoms with Crippen LogP contribution < -0.4 is 20.3 Å². The molecule has 174 valence electrons. The van der Waals surface area contributed by atoms with Gasteiger partial charge in [-0.25, -0.2) is 4.98 Å². The normalized spacial score (nSPS) is 12.9. The molecule has 7 nitrogen and oxygen atoms in total. The summed E-state index contributed by atoms with van der Waals surface area (Å²) < 4.78 is 12.7. The first-order valence-electron chi connectivity index (χ1n) is 11.3. The van der Waals surface area contributed by atoms with Gasteiger partial charge in [0, 0.05) is 23.5 Å². The highest BCUT2D eigenvalue weighted by Crippen LogP contribution is 2.33. The average Bonchev–Trinajstić information content (AvgIpc) is 3.24. The molecule has 0 saturated heterocycles. The van der Waals surface area contributed by atoms with Crippen LogP contribution in [0, 0.1) is 0 Å². The molecule has 1 N–H and O–H groups in total. The second-order valence-corrected chi connectivity index (χ2v) is 9.29. The van der Waals surface area contributed by atoms with Crippen LogP contribution >= 0.6 is 11.3 Å². The molecule has 2 aromatic carbocycles. The van der Waals surface area contributed by atoms with Crippen LogP contribution in [0.4, 0.5) is 5.69 Å². The maximum atomic E-state index is 13.0. The van der Waals surface area contributed by atoms with Gasteiger partial charge in [-0.15, -0.1) is 11.3 Å². The number of fused-ring (bicyclic) bond motifs is 3. The van der Waals surface area contributed by atoms with Crippen molar-refractivity contribution in [3.05, 3.63) is 75.7 Å². The molecule has 0 spiro atoms. The van der Waals surface area contributed by atoms with Crippen molar-refractivity contribution in [2.45, 2.75) is 38.6 Å². The standard InChI is InChI=1S/C26H25N3O4S/c1-32-20-7-3-4-8-21(20)33-18-12-10-17(11-13-18)28-23(30)14-15-29-16-27-25-24(26(29)31)19-6-2-5-9-22(19)34-25/h3-4,7-8,10-13,16H,2,5-6,9,14-15H2,1H3,(H,28,30). The van der Waals surface area contributed by atoms with Gasteiger partial charge in [0.1, 0.15) is 10.6 Å². The number of anilines is 1. The lowest BCUT2D eigenvalue weighted by Gasteiger charge is -2.11. The molecule has 0 saturated carbocycles. The van der Waals surface area contributed by atoms with Crippen molar-refractivity contribution in [1.82, 2.24) is 9.55 Å². The summed E-state index contributed by atoms with van der Waals surface area (Å²) in [6, 6.07) is 14.5. The summed E-state index contributed by atoms with van der Waals surface area (Å²) in [5.74, 6) is 1.72. The quantitative estimate of drug-likeness (QED) is 0.399. The summed E-state index contributed by atoms with van der Waals surface area (Å²) in [5, 5.41) is 3.62. The van der Waals surface area contributed by atoms with E-state index in [1.54, 1.807) is 53.6 Å². The van der Waals surface area contributed by atoms with Crippen molar-refractivity contribution in [3.8, 4) is 17.2 Å². The zero-order chi connectivity index (χ0) is 23.5. The summed E-state index contributed by atoms with van der Waals surface area (Å²) in [7, 11) is 1.59. The van der Waals surface area contributed by atoms with Gasteiger partial charge >= 0.3 is 0 Å². The molecule has 5 rings (SSSR count). The van der Waals surface area contributed by atoms with E-state index >= 15 is 0 Å². The molecule has 1 amide bonds. The fraction of sp³-hybridized carbons (Fsp3) is 0.269. The fourth-order valence-electron chi connectivity index (χ4n) is 4.22. The summed E-state index contributed by atoms with van der Waals surface area (Å²) in [5.41, 5.74) is 1.78. The largest absolute Gasteiger partial charge is 0.493 e. The van der Waals surface area contributed by atoms with E-state index < -0.39 is 0 Å². The number of hydrogen-bond donors (Lipinski definition) is 1. The van der Waals surface area contributed by atoms with E-state index in [1.165, 1.54) is 11.3 Å². The Morgan fingerprint density at radius 2 is 1.85 bits per heavy atom. The van der Waals surface area contributed by atoms with Crippen LogP contribution in [0.25, 0.3) is 10.2 Å². The minimum atomic E-state index is -0.169. The predicted octanol–water partition coefficient (Wildman–Crippen LogP) is 5.17. The Balaban J connectivity index is 1.21. The van der Waals surface area contributed by atoms with Gasteiger partial charge < -0.3 is 14.8 Å². The van der Waals surface area contributed by atoms with Gasteiger partial charge in [-0.1, -0.05) is 12.1 Å². The summed E-state index contributed by atoms with van der Waals surface area (Å²) in [6.45, 7) is 0.285. The van der Waals surface area contributed by atoms with E-state index in [0.717, 1.165) is 35.0 Å². The number of nitrogens with one attached hydrogen (secondary N) is 1. The zero-order valence-corrected chi connectivity index (χ0v) is 19.7. The highest BCUT2D eigenvalue weighted by molar-refractivity contribution is 7.18. The molecule has 0 aliphatic heterocycles. The van der Waals surface area contributed by atoms with Crippen molar-refractivity contribution in [3.63, 3.8) is 0 Å². The van der Waals surface area contributed by atoms with Crippen LogP contribution in [-0.2, 0) is 24.2 Å². The van der Waals surface area contributed by atoms with Crippen molar-refractivity contribution in [2.24, 2.45) is 0 Å². The van der Waals surface area contributed by atoms with Crippen LogP contribution in [0.3, 0.4) is 0 Å². The van der Waals surface area contributed by atoms with Gasteiger partial charge in [0.2, 0.25) is 5.91 Å². The number of thiophene rings is 1. The summed E-state index contributed by atoms with van der Waals surface area (Å²) >= 11 is 1.63. The molecule has 8 heteroatoms. The maximum absolute atomic E-state index is 13.0. The predicted molar refractivity (Wildman–Crippen MR) is 133 cm³/mol. The number of carbonyl (C=O) groups is 1. The lowest BCUT2D eigenvalue weighted by atomic mass is 9.97. The van der Waals surface area contributed by atoms with Crippen LogP contribution in [-0.4, -0.2) is 22.6 Å². The Kier molecular flexibility index (Phi) is 6.31. The van der Waals surface area contributed by atoms with Gasteiger partial charge in [0.15, 0.2) is 11.5 Å². The summed E-state index contributed by atoms with van der Waals surface area (Å²) in [6.07, 6.45) is 5.98. The monoisotopic (exact) mass is 475 g/mol. The second-order valence-electron chi connectivity index (χ2n) is 8.21. The van der Waals surface area contributed by atoms with Crippen molar-refractivity contribution in [1.29, 1.82) is 0 Å². The molecule has 4 aromatic rings. The first-order valence-corrected chi connectivity index (χ1v) is 12.1. The van der Waals surface area contributed by atoms with Crippen LogP contribution in [0.1, 0.15) is 29.7 Å². The number of methoxy groups -OCH3 is 1. The maximum Gasteiger partial charge on any atom is 0.262 e. The Morgan fingerprint density at radius 3 is 2.65 bits per heavy atom. The number of aromatic nitrogens is 2. The summed E-state index contributed by atoms with van der Waals surface area (Å²) in [4.78, 5) is 32.1. The lowest BCUT2D eigenvalue weighted by molar-refractivity contribution is -0.116. The number of hydrogen-bond acceptors (Lipinski definition) is 6. The molecule has 1 aliphatic carbocycles. The van der Waals surface area contributed by atoms with E-state index in [4.69, 9.17) is 9.47 Å². The third-order valence-corrected chi connectivity index (χ3v) is 7.16. The highest BCUT2D eigenvalue weighted by atomic mass is 32.1. The average molecular weight is 476 g/mol. The van der Waals surface area contributed by atoms with Gasteiger partial charge in [0.05, 0.1) is 18.8 Å². The van der Waals surface area contributed by atoms with E-state index in [-0.39, 0.29) is 24.4 Å². The van der Waals surface area contributed by atoms with Gasteiger partial charge in [-0.05, 0) is 67.6 Å². The molecular weight excluding hydrogens is 450 g/mol. The van der Waals surface area contributed by atoms with E-state index in [9.17, 15) is 9.59 Å². The Hall–Kier alpha value is -3.65. The topological polar surface area (TPSA) is 82.4 Å². The Labute approximate surface area is 201 Å². The zero-order valence-electron chi connectivity index (χ0n) is 18.9. The lowest BCUT2D eigenvalue weighted by Crippen LogP contribution is -2.24. The van der Waals surface area contributed by atoms with E-state index in [0.29, 0.717) is 22.9 Å². The molecule has 0 fully saturated rings. The van der Waals surface area contributed by atoms with Crippen LogP contribution in [0.5, 0.6) is 17.2 Å². The van der Waals surface area contributed by atoms with E-state index in [1.807, 2.05) is 24.3 Å². The molecular formula is C26H25N3O4S. The molecule has 1 aliphatic rings. The first kappa shape index (κ1) is 22.2. The minimum absolute atomic E-state index is 0.0463. The molecule has 0 atom stereocenters. The first-order chi connectivity index (χ1) is 16.6. The number of amides is 1. The number of para-hydroxylation sites is 2. The van der Waals surface area contributed by atoms with Gasteiger partial charge in [0.25, 0.3) is 5.56 Å².